The number of methoxy groups -OCH3 is 2. The molecule has 100 valence electrons. The number of hydrogen-bond acceptors (Lipinski definition) is 3. The van der Waals surface area contributed by atoms with Gasteiger partial charge >= 0.3 is 5.97 Å². The lowest BCUT2D eigenvalue weighted by Gasteiger charge is -2.17. The quantitative estimate of drug-likeness (QED) is 0.846. The minimum absolute atomic E-state index is 0.681. The van der Waals surface area contributed by atoms with Crippen LogP contribution in [-0.4, -0.2) is 25.3 Å². The first-order valence-corrected chi connectivity index (χ1v) is 6.00. The molecule has 1 aliphatic rings. The van der Waals surface area contributed by atoms with Gasteiger partial charge in [-0.3, -0.25) is 0 Å². The second-order valence-corrected chi connectivity index (χ2v) is 4.30. The number of benzene rings is 1. The van der Waals surface area contributed by atoms with Gasteiger partial charge in [0.05, 0.1) is 14.2 Å². The predicted molar refractivity (Wildman–Crippen MR) is 72.6 cm³/mol. The molecule has 0 unspecified atom stereocenters. The number of aryl methyl sites for hydroxylation is 1. The number of hydrogen-bond donors (Lipinski definition) is 1. The van der Waals surface area contributed by atoms with Crippen molar-refractivity contribution in [1.82, 2.24) is 0 Å². The minimum Gasteiger partial charge on any atom is -0.493 e. The van der Waals surface area contributed by atoms with Crippen molar-refractivity contribution in [2.75, 3.05) is 14.2 Å². The molecule has 1 aromatic rings. The Hall–Kier alpha value is -2.23. The first kappa shape index (κ1) is 13.2. The number of fused-ring (bicyclic) bond motifs is 1. The summed E-state index contributed by atoms with van der Waals surface area (Å²) in [6.45, 7) is 0. The molecule has 1 N–H and O–H groups in total. The second kappa shape index (κ2) is 5.61. The SMILES string of the molecule is COc1cc2c(cc1OC)CCC(C=CC(=O)O)=C2. The van der Waals surface area contributed by atoms with E-state index >= 15 is 0 Å². The van der Waals surface area contributed by atoms with E-state index in [1.807, 2.05) is 18.2 Å². The van der Waals surface area contributed by atoms with Crippen LogP contribution in [0.5, 0.6) is 11.5 Å². The maximum Gasteiger partial charge on any atom is 0.328 e. The maximum absolute atomic E-state index is 10.5. The number of aliphatic carboxylic acids is 1. The standard InChI is InChI=1S/C15H16O4/c1-18-13-8-11-5-3-10(4-6-15(16)17)7-12(11)9-14(13)19-2/h4,6-9H,3,5H2,1-2H3,(H,16,17). The van der Waals surface area contributed by atoms with E-state index in [1.54, 1.807) is 20.3 Å². The van der Waals surface area contributed by atoms with Crippen LogP contribution in [0.3, 0.4) is 0 Å². The molecule has 0 atom stereocenters. The van der Waals surface area contributed by atoms with Gasteiger partial charge in [0.25, 0.3) is 0 Å². The molecular weight excluding hydrogens is 244 g/mol. The van der Waals surface area contributed by atoms with Crippen LogP contribution in [0.25, 0.3) is 6.08 Å². The van der Waals surface area contributed by atoms with Gasteiger partial charge in [0.2, 0.25) is 0 Å². The number of carboxylic acids is 1. The van der Waals surface area contributed by atoms with Gasteiger partial charge in [-0.15, -0.1) is 0 Å². The third kappa shape index (κ3) is 2.96. The average molecular weight is 260 g/mol. The maximum atomic E-state index is 10.5. The van der Waals surface area contributed by atoms with E-state index in [1.165, 1.54) is 5.56 Å². The fourth-order valence-corrected chi connectivity index (χ4v) is 2.15. The van der Waals surface area contributed by atoms with Crippen molar-refractivity contribution in [2.45, 2.75) is 12.8 Å². The lowest BCUT2D eigenvalue weighted by molar-refractivity contribution is -0.131. The summed E-state index contributed by atoms with van der Waals surface area (Å²) in [4.78, 5) is 10.5. The molecule has 2 rings (SSSR count). The van der Waals surface area contributed by atoms with Gasteiger partial charge in [-0.25, -0.2) is 4.79 Å². The van der Waals surface area contributed by atoms with E-state index in [2.05, 4.69) is 0 Å². The van der Waals surface area contributed by atoms with E-state index in [0.29, 0.717) is 5.75 Å². The normalized spacial score (nSPS) is 13.9. The summed E-state index contributed by atoms with van der Waals surface area (Å²) in [5.74, 6) is 0.471. The Morgan fingerprint density at radius 2 is 1.89 bits per heavy atom. The van der Waals surface area contributed by atoms with Crippen LogP contribution in [0.2, 0.25) is 0 Å². The summed E-state index contributed by atoms with van der Waals surface area (Å²) >= 11 is 0. The zero-order chi connectivity index (χ0) is 13.8. The number of rotatable bonds is 4. The molecule has 0 saturated carbocycles. The molecule has 0 bridgehead atoms. The van der Waals surface area contributed by atoms with Gasteiger partial charge in [0, 0.05) is 6.08 Å². The molecular formula is C15H16O4. The molecule has 1 aromatic carbocycles. The molecule has 0 heterocycles. The number of allylic oxidation sites excluding steroid dienone is 2. The van der Waals surface area contributed by atoms with Crippen LogP contribution in [0, 0.1) is 0 Å². The van der Waals surface area contributed by atoms with Crippen LogP contribution in [0.1, 0.15) is 17.5 Å². The Morgan fingerprint density at radius 3 is 2.53 bits per heavy atom. The van der Waals surface area contributed by atoms with Crippen LogP contribution < -0.4 is 9.47 Å². The highest BCUT2D eigenvalue weighted by Gasteiger charge is 2.14. The van der Waals surface area contributed by atoms with E-state index in [-0.39, 0.29) is 0 Å². The van der Waals surface area contributed by atoms with Gasteiger partial charge in [-0.1, -0.05) is 12.2 Å². The first-order valence-electron chi connectivity index (χ1n) is 6.00. The number of carboxylic acid groups (broad SMARTS) is 1. The van der Waals surface area contributed by atoms with Gasteiger partial charge < -0.3 is 14.6 Å². The van der Waals surface area contributed by atoms with E-state index in [4.69, 9.17) is 14.6 Å². The topological polar surface area (TPSA) is 55.8 Å². The Balaban J connectivity index is 2.36. The lowest BCUT2D eigenvalue weighted by Crippen LogP contribution is -2.01. The largest absolute Gasteiger partial charge is 0.493 e. The van der Waals surface area contributed by atoms with Gasteiger partial charge in [0.1, 0.15) is 0 Å². The number of ether oxygens (including phenoxy) is 2. The van der Waals surface area contributed by atoms with Crippen molar-refractivity contribution in [3.05, 3.63) is 41.0 Å². The Bertz CT molecular complexity index is 556. The predicted octanol–water partition coefficient (Wildman–Crippen LogP) is 2.67. The molecule has 4 nitrogen and oxygen atoms in total. The van der Waals surface area contributed by atoms with Crippen LogP contribution in [0.4, 0.5) is 0 Å². The first-order chi connectivity index (χ1) is 9.13. The Kier molecular flexibility index (Phi) is 3.90. The molecule has 19 heavy (non-hydrogen) atoms. The highest BCUT2D eigenvalue weighted by molar-refractivity contribution is 5.81. The molecule has 0 spiro atoms. The van der Waals surface area contributed by atoms with Crippen molar-refractivity contribution < 1.29 is 19.4 Å². The van der Waals surface area contributed by atoms with Crippen LogP contribution in [-0.2, 0) is 11.2 Å². The van der Waals surface area contributed by atoms with E-state index < -0.39 is 5.97 Å². The summed E-state index contributed by atoms with van der Waals surface area (Å²) in [6.07, 6.45) is 6.48. The monoisotopic (exact) mass is 260 g/mol. The van der Waals surface area contributed by atoms with E-state index in [9.17, 15) is 4.79 Å². The van der Waals surface area contributed by atoms with Crippen molar-refractivity contribution in [2.24, 2.45) is 0 Å². The molecule has 0 saturated heterocycles. The van der Waals surface area contributed by atoms with Crippen molar-refractivity contribution in [3.8, 4) is 11.5 Å². The molecule has 0 radical (unpaired) electrons. The Labute approximate surface area is 112 Å². The molecule has 4 heteroatoms. The summed E-state index contributed by atoms with van der Waals surface area (Å²) < 4.78 is 10.5. The number of carbonyl (C=O) groups is 1. The summed E-state index contributed by atoms with van der Waals surface area (Å²) in [5, 5.41) is 8.64. The van der Waals surface area contributed by atoms with Crippen LogP contribution in [0.15, 0.2) is 29.9 Å². The summed E-state index contributed by atoms with van der Waals surface area (Å²) in [5.41, 5.74) is 3.24. The minimum atomic E-state index is -0.931. The highest BCUT2D eigenvalue weighted by Crippen LogP contribution is 2.35. The van der Waals surface area contributed by atoms with Crippen molar-refractivity contribution in [3.63, 3.8) is 0 Å². The fraction of sp³-hybridized carbons (Fsp3) is 0.267. The molecule has 0 amide bonds. The van der Waals surface area contributed by atoms with Gasteiger partial charge in [-0.05, 0) is 41.7 Å². The smallest absolute Gasteiger partial charge is 0.328 e. The molecule has 0 aromatic heterocycles. The summed E-state index contributed by atoms with van der Waals surface area (Å²) in [6, 6.07) is 3.89. The summed E-state index contributed by atoms with van der Waals surface area (Å²) in [7, 11) is 3.21. The van der Waals surface area contributed by atoms with E-state index in [0.717, 1.165) is 35.8 Å². The van der Waals surface area contributed by atoms with Crippen LogP contribution >= 0.6 is 0 Å². The fourth-order valence-electron chi connectivity index (χ4n) is 2.15. The third-order valence-electron chi connectivity index (χ3n) is 3.11. The zero-order valence-corrected chi connectivity index (χ0v) is 11.0. The molecule has 1 aliphatic carbocycles. The van der Waals surface area contributed by atoms with Crippen molar-refractivity contribution in [1.29, 1.82) is 0 Å². The lowest BCUT2D eigenvalue weighted by atomic mass is 9.91. The van der Waals surface area contributed by atoms with Crippen molar-refractivity contribution >= 4 is 12.0 Å². The zero-order valence-electron chi connectivity index (χ0n) is 11.0. The molecule has 0 aliphatic heterocycles. The molecule has 0 fully saturated rings. The Morgan fingerprint density at radius 1 is 1.21 bits per heavy atom. The van der Waals surface area contributed by atoms with Gasteiger partial charge in [0.15, 0.2) is 11.5 Å². The third-order valence-corrected chi connectivity index (χ3v) is 3.11. The highest BCUT2D eigenvalue weighted by atomic mass is 16.5. The average Bonchev–Trinajstić information content (AvgIpc) is 2.43. The second-order valence-electron chi connectivity index (χ2n) is 4.30. The van der Waals surface area contributed by atoms with Gasteiger partial charge in [-0.2, -0.15) is 0 Å².